The molecule has 0 unspecified atom stereocenters. The van der Waals surface area contributed by atoms with Gasteiger partial charge in [-0.15, -0.1) is 0 Å². The van der Waals surface area contributed by atoms with Gasteiger partial charge in [0.05, 0.1) is 18.2 Å². The molecule has 0 spiro atoms. The van der Waals surface area contributed by atoms with E-state index in [2.05, 4.69) is 9.72 Å². The minimum Gasteiger partial charge on any atom is -0.478 e. The summed E-state index contributed by atoms with van der Waals surface area (Å²) in [6.07, 6.45) is 1.51. The van der Waals surface area contributed by atoms with Gasteiger partial charge in [-0.3, -0.25) is 0 Å². The number of carbonyl (C=O) groups is 2. The van der Waals surface area contributed by atoms with Crippen molar-refractivity contribution in [3.05, 3.63) is 53.2 Å². The summed E-state index contributed by atoms with van der Waals surface area (Å²) >= 11 is 1.29. The second-order valence-electron chi connectivity index (χ2n) is 4.26. The number of hydrogen-bond acceptors (Lipinski definition) is 5. The Morgan fingerprint density at radius 1 is 1.24 bits per heavy atom. The van der Waals surface area contributed by atoms with Crippen molar-refractivity contribution in [2.75, 3.05) is 7.11 Å². The van der Waals surface area contributed by atoms with Crippen molar-refractivity contribution in [2.24, 2.45) is 0 Å². The number of esters is 1. The highest BCUT2D eigenvalue weighted by Crippen LogP contribution is 2.28. The summed E-state index contributed by atoms with van der Waals surface area (Å²) in [6, 6.07) is 8.33. The molecule has 0 radical (unpaired) electrons. The monoisotopic (exact) mass is 303 g/mol. The topological polar surface area (TPSA) is 76.5 Å². The fourth-order valence-corrected chi connectivity index (χ4v) is 2.58. The Labute approximate surface area is 126 Å². The Kier molecular flexibility index (Phi) is 4.59. The molecule has 0 saturated carbocycles. The molecule has 0 aliphatic rings. The van der Waals surface area contributed by atoms with Crippen LogP contribution in [-0.4, -0.2) is 29.1 Å². The molecule has 0 aliphatic heterocycles. The molecule has 2 aromatic rings. The summed E-state index contributed by atoms with van der Waals surface area (Å²) < 4.78 is 4.65. The van der Waals surface area contributed by atoms with E-state index in [1.807, 2.05) is 6.07 Å². The molecule has 1 N–H and O–H groups in total. The zero-order valence-corrected chi connectivity index (χ0v) is 12.3. The fraction of sp³-hybridized carbons (Fsp3) is 0.133. The number of ether oxygens (including phenoxy) is 1. The van der Waals surface area contributed by atoms with Crippen molar-refractivity contribution < 1.29 is 19.4 Å². The van der Waals surface area contributed by atoms with Crippen molar-refractivity contribution in [2.45, 2.75) is 16.8 Å². The highest BCUT2D eigenvalue weighted by molar-refractivity contribution is 7.99. The molecule has 0 saturated heterocycles. The lowest BCUT2D eigenvalue weighted by Gasteiger charge is -2.06. The third-order valence-corrected chi connectivity index (χ3v) is 3.74. The van der Waals surface area contributed by atoms with Crippen LogP contribution >= 0.6 is 11.8 Å². The number of carboxylic acid groups (broad SMARTS) is 1. The molecule has 0 amide bonds. The zero-order chi connectivity index (χ0) is 15.4. The van der Waals surface area contributed by atoms with Gasteiger partial charge >= 0.3 is 11.9 Å². The van der Waals surface area contributed by atoms with Gasteiger partial charge in [0, 0.05) is 11.1 Å². The Morgan fingerprint density at radius 2 is 2.00 bits per heavy atom. The zero-order valence-electron chi connectivity index (χ0n) is 11.5. The fourth-order valence-electron chi connectivity index (χ4n) is 1.73. The summed E-state index contributed by atoms with van der Waals surface area (Å²) in [5, 5.41) is 9.71. The highest BCUT2D eigenvalue weighted by atomic mass is 32.2. The molecule has 0 fully saturated rings. The first-order valence-electron chi connectivity index (χ1n) is 6.07. The van der Waals surface area contributed by atoms with Crippen LogP contribution in [0.15, 0.2) is 46.5 Å². The van der Waals surface area contributed by atoms with Crippen LogP contribution in [-0.2, 0) is 4.74 Å². The first-order valence-corrected chi connectivity index (χ1v) is 6.89. The van der Waals surface area contributed by atoms with Gasteiger partial charge in [-0.25, -0.2) is 14.6 Å². The number of benzene rings is 1. The van der Waals surface area contributed by atoms with Gasteiger partial charge in [0.25, 0.3) is 0 Å². The normalized spacial score (nSPS) is 10.2. The van der Waals surface area contributed by atoms with Gasteiger partial charge in [0.15, 0.2) is 0 Å². The van der Waals surface area contributed by atoms with E-state index in [1.165, 1.54) is 25.1 Å². The number of carboxylic acids is 1. The van der Waals surface area contributed by atoms with Crippen LogP contribution in [0.3, 0.4) is 0 Å². The Bertz CT molecular complexity index is 700. The molecular weight excluding hydrogens is 290 g/mol. The lowest BCUT2D eigenvalue weighted by Crippen LogP contribution is -2.01. The minimum atomic E-state index is -0.966. The number of rotatable bonds is 4. The molecule has 0 bridgehead atoms. The summed E-state index contributed by atoms with van der Waals surface area (Å²) in [4.78, 5) is 27.5. The van der Waals surface area contributed by atoms with Crippen molar-refractivity contribution in [3.8, 4) is 0 Å². The third kappa shape index (κ3) is 3.61. The van der Waals surface area contributed by atoms with E-state index in [0.29, 0.717) is 16.2 Å². The van der Waals surface area contributed by atoms with Gasteiger partial charge in [-0.2, -0.15) is 0 Å². The Hall–Kier alpha value is -2.34. The molecule has 6 heteroatoms. The van der Waals surface area contributed by atoms with Gasteiger partial charge in [-0.1, -0.05) is 17.8 Å². The summed E-state index contributed by atoms with van der Waals surface area (Å²) in [5.41, 5.74) is 1.35. The molecule has 1 aromatic heterocycles. The minimum absolute atomic E-state index is 0.254. The van der Waals surface area contributed by atoms with Gasteiger partial charge in [-0.05, 0) is 36.8 Å². The van der Waals surface area contributed by atoms with Crippen LogP contribution in [0.1, 0.15) is 26.3 Å². The predicted octanol–water partition coefficient (Wildman–Crippen LogP) is 3.03. The number of aryl methyl sites for hydroxylation is 1. The summed E-state index contributed by atoms with van der Waals surface area (Å²) in [6.45, 7) is 1.74. The maximum absolute atomic E-state index is 11.5. The molecule has 108 valence electrons. The molecule has 5 nitrogen and oxygen atoms in total. The van der Waals surface area contributed by atoms with Crippen molar-refractivity contribution >= 4 is 23.7 Å². The molecule has 0 aliphatic carbocycles. The van der Waals surface area contributed by atoms with Gasteiger partial charge in [0.1, 0.15) is 5.03 Å². The first kappa shape index (κ1) is 15.1. The maximum Gasteiger partial charge on any atom is 0.337 e. The number of carbonyl (C=O) groups excluding carboxylic acids is 1. The van der Waals surface area contributed by atoms with Gasteiger partial charge in [0.2, 0.25) is 0 Å². The molecule has 1 heterocycles. The highest BCUT2D eigenvalue weighted by Gasteiger charge is 2.11. The van der Waals surface area contributed by atoms with Crippen LogP contribution in [0.4, 0.5) is 0 Å². The smallest absolute Gasteiger partial charge is 0.337 e. The van der Waals surface area contributed by atoms with Crippen molar-refractivity contribution in [1.29, 1.82) is 0 Å². The van der Waals surface area contributed by atoms with Crippen LogP contribution in [0.2, 0.25) is 0 Å². The summed E-state index contributed by atoms with van der Waals surface area (Å²) in [7, 11) is 1.31. The average molecular weight is 303 g/mol. The standard InChI is InChI=1S/C15H13NO4S/c1-9-3-4-11(8-12(9)14(17)18)21-13-7-10(5-6-16-13)15(19)20-2/h3-8H,1-2H3,(H,17,18). The molecule has 0 atom stereocenters. The quantitative estimate of drug-likeness (QED) is 0.875. The van der Waals surface area contributed by atoms with Gasteiger partial charge < -0.3 is 9.84 Å². The number of methoxy groups -OCH3 is 1. The lowest BCUT2D eigenvalue weighted by molar-refractivity contribution is 0.0599. The van der Waals surface area contributed by atoms with Crippen molar-refractivity contribution in [3.63, 3.8) is 0 Å². The number of nitrogens with zero attached hydrogens (tertiary/aromatic N) is 1. The maximum atomic E-state index is 11.5. The van der Waals surface area contributed by atoms with E-state index in [9.17, 15) is 9.59 Å². The van der Waals surface area contributed by atoms with E-state index in [0.717, 1.165) is 4.90 Å². The number of pyridine rings is 1. The van der Waals surface area contributed by atoms with Crippen LogP contribution in [0, 0.1) is 6.92 Å². The van der Waals surface area contributed by atoms with Crippen LogP contribution < -0.4 is 0 Å². The molecule has 1 aromatic carbocycles. The third-order valence-electron chi connectivity index (χ3n) is 2.82. The average Bonchev–Trinajstić information content (AvgIpc) is 2.48. The van der Waals surface area contributed by atoms with E-state index in [1.54, 1.807) is 31.2 Å². The van der Waals surface area contributed by atoms with E-state index < -0.39 is 11.9 Å². The second kappa shape index (κ2) is 6.41. The molecular formula is C15H13NO4S. The lowest BCUT2D eigenvalue weighted by atomic mass is 10.1. The number of aromatic nitrogens is 1. The second-order valence-corrected chi connectivity index (χ2v) is 5.35. The van der Waals surface area contributed by atoms with E-state index >= 15 is 0 Å². The largest absolute Gasteiger partial charge is 0.478 e. The van der Waals surface area contributed by atoms with E-state index in [4.69, 9.17) is 5.11 Å². The Morgan fingerprint density at radius 3 is 2.67 bits per heavy atom. The van der Waals surface area contributed by atoms with Crippen LogP contribution in [0.25, 0.3) is 0 Å². The first-order chi connectivity index (χ1) is 10.0. The summed E-state index contributed by atoms with van der Waals surface area (Å²) in [5.74, 6) is -1.40. The number of aromatic carboxylic acids is 1. The molecule has 2 rings (SSSR count). The Balaban J connectivity index is 2.28. The van der Waals surface area contributed by atoms with Crippen LogP contribution in [0.5, 0.6) is 0 Å². The SMILES string of the molecule is COC(=O)c1ccnc(Sc2ccc(C)c(C(=O)O)c2)c1. The number of hydrogen-bond donors (Lipinski definition) is 1. The molecule has 21 heavy (non-hydrogen) atoms. The predicted molar refractivity (Wildman–Crippen MR) is 77.8 cm³/mol. The van der Waals surface area contributed by atoms with Crippen molar-refractivity contribution in [1.82, 2.24) is 4.98 Å². The van der Waals surface area contributed by atoms with E-state index in [-0.39, 0.29) is 5.56 Å².